The van der Waals surface area contributed by atoms with Crippen LogP contribution in [0.3, 0.4) is 0 Å². The van der Waals surface area contributed by atoms with Crippen LogP contribution in [0.5, 0.6) is 0 Å². The summed E-state index contributed by atoms with van der Waals surface area (Å²) in [4.78, 5) is 42.0. The zero-order valence-electron chi connectivity index (χ0n) is 14.7. The molecule has 2 heterocycles. The predicted molar refractivity (Wildman–Crippen MR) is 93.2 cm³/mol. The molecule has 0 saturated carbocycles. The number of carbonyl (C=O) groups is 3. The van der Waals surface area contributed by atoms with Gasteiger partial charge in [-0.05, 0) is 23.3 Å². The maximum Gasteiger partial charge on any atom is 0.335 e. The van der Waals surface area contributed by atoms with Gasteiger partial charge >= 0.3 is 17.8 Å². The van der Waals surface area contributed by atoms with Crippen molar-refractivity contribution in [3.8, 4) is 0 Å². The normalized spacial score (nSPS) is 15.7. The van der Waals surface area contributed by atoms with Crippen LogP contribution < -0.4 is 0 Å². The molecule has 0 N–H and O–H groups in total. The Bertz CT molecular complexity index is 588. The third-order valence-corrected chi connectivity index (χ3v) is 4.48. The molecule has 1 aromatic rings. The fourth-order valence-electron chi connectivity index (χ4n) is 2.80. The van der Waals surface area contributed by atoms with Gasteiger partial charge in [-0.15, -0.1) is 11.3 Å². The molecule has 0 radical (unpaired) electrons. The van der Waals surface area contributed by atoms with E-state index in [-0.39, 0.29) is 13.2 Å². The average Bonchev–Trinajstić information content (AvgIpc) is 3.05. The smallest absolute Gasteiger partial charge is 0.285 e. The first-order valence-corrected chi connectivity index (χ1v) is 9.09. The Morgan fingerprint density at radius 2 is 1.58 bits per heavy atom. The van der Waals surface area contributed by atoms with Crippen LogP contribution in [-0.2, 0) is 16.1 Å². The number of rotatable bonds is 8. The van der Waals surface area contributed by atoms with Crippen molar-refractivity contribution in [1.29, 1.82) is 0 Å². The Balaban J connectivity index is 2.09. The molecular formula is C17H25N3O3S. The molecule has 1 aliphatic rings. The van der Waals surface area contributed by atoms with Crippen molar-refractivity contribution in [2.45, 2.75) is 34.2 Å². The summed E-state index contributed by atoms with van der Waals surface area (Å²) in [6.07, 6.45) is 0. The van der Waals surface area contributed by atoms with Gasteiger partial charge in [-0.1, -0.05) is 33.8 Å². The lowest BCUT2D eigenvalue weighted by molar-refractivity contribution is -0.144. The Labute approximate surface area is 147 Å². The molecule has 7 heteroatoms. The highest BCUT2D eigenvalue weighted by Crippen LogP contribution is 2.19. The van der Waals surface area contributed by atoms with E-state index in [1.807, 2.05) is 17.5 Å². The minimum Gasteiger partial charge on any atom is -0.285 e. The summed E-state index contributed by atoms with van der Waals surface area (Å²) in [6, 6.07) is 3.19. The zero-order valence-corrected chi connectivity index (χ0v) is 15.5. The second-order valence-corrected chi connectivity index (χ2v) is 7.98. The summed E-state index contributed by atoms with van der Waals surface area (Å²) in [7, 11) is 0. The van der Waals surface area contributed by atoms with E-state index in [9.17, 15) is 14.4 Å². The lowest BCUT2D eigenvalue weighted by Gasteiger charge is -2.29. The molecule has 0 spiro atoms. The second kappa shape index (κ2) is 7.90. The molecule has 24 heavy (non-hydrogen) atoms. The molecule has 0 unspecified atom stereocenters. The van der Waals surface area contributed by atoms with E-state index in [2.05, 4.69) is 32.6 Å². The predicted octanol–water partition coefficient (Wildman–Crippen LogP) is 2.61. The highest BCUT2D eigenvalue weighted by atomic mass is 32.1. The van der Waals surface area contributed by atoms with Crippen LogP contribution >= 0.6 is 11.3 Å². The van der Waals surface area contributed by atoms with Gasteiger partial charge in [-0.3, -0.25) is 19.4 Å². The van der Waals surface area contributed by atoms with Crippen LogP contribution in [0.1, 0.15) is 32.6 Å². The minimum atomic E-state index is -0.734. The highest BCUT2D eigenvalue weighted by Gasteiger charge is 2.45. The van der Waals surface area contributed by atoms with Gasteiger partial charge in [0.2, 0.25) is 0 Å². The van der Waals surface area contributed by atoms with Crippen molar-refractivity contribution in [2.24, 2.45) is 11.8 Å². The van der Waals surface area contributed by atoms with Crippen molar-refractivity contribution in [3.05, 3.63) is 22.4 Å². The van der Waals surface area contributed by atoms with Gasteiger partial charge in [0.05, 0.1) is 13.2 Å². The lowest BCUT2D eigenvalue weighted by Crippen LogP contribution is -2.44. The molecule has 1 aliphatic heterocycles. The van der Waals surface area contributed by atoms with Gasteiger partial charge in [0.1, 0.15) is 0 Å². The second-order valence-electron chi connectivity index (χ2n) is 6.95. The summed E-state index contributed by atoms with van der Waals surface area (Å²) in [5, 5.41) is 1.88. The summed E-state index contributed by atoms with van der Waals surface area (Å²) in [5.41, 5.74) is 0. The standard InChI is InChI=1S/C17H25N3O3S/c1-12(2)8-18(9-13(3)4)11-20-16(22)15(21)19(17(20)23)10-14-6-5-7-24-14/h5-7,12-13H,8-11H2,1-4H3. The summed E-state index contributed by atoms with van der Waals surface area (Å²) in [5.74, 6) is -0.638. The first-order valence-electron chi connectivity index (χ1n) is 8.21. The lowest BCUT2D eigenvalue weighted by atomic mass is 10.1. The van der Waals surface area contributed by atoms with Gasteiger partial charge in [0.15, 0.2) is 0 Å². The summed E-state index contributed by atoms with van der Waals surface area (Å²) < 4.78 is 0. The molecule has 1 fully saturated rings. The van der Waals surface area contributed by atoms with Crippen molar-refractivity contribution in [1.82, 2.24) is 14.7 Å². The molecule has 1 aromatic heterocycles. The molecule has 0 aliphatic carbocycles. The van der Waals surface area contributed by atoms with Gasteiger partial charge in [0, 0.05) is 18.0 Å². The summed E-state index contributed by atoms with van der Waals surface area (Å²) in [6.45, 7) is 10.2. The van der Waals surface area contributed by atoms with Crippen LogP contribution in [0.4, 0.5) is 4.79 Å². The first-order chi connectivity index (χ1) is 11.3. The van der Waals surface area contributed by atoms with Crippen LogP contribution in [0, 0.1) is 11.8 Å². The van der Waals surface area contributed by atoms with E-state index in [1.54, 1.807) is 0 Å². The largest absolute Gasteiger partial charge is 0.335 e. The van der Waals surface area contributed by atoms with Crippen molar-refractivity contribution >= 4 is 29.2 Å². The molecule has 2 rings (SSSR count). The fourth-order valence-corrected chi connectivity index (χ4v) is 3.49. The van der Waals surface area contributed by atoms with Gasteiger partial charge in [0.25, 0.3) is 0 Å². The molecule has 0 aromatic carbocycles. The molecule has 4 amide bonds. The molecule has 0 atom stereocenters. The van der Waals surface area contributed by atoms with E-state index < -0.39 is 17.8 Å². The zero-order chi connectivity index (χ0) is 17.9. The average molecular weight is 351 g/mol. The Morgan fingerprint density at radius 1 is 1.00 bits per heavy atom. The number of carbonyl (C=O) groups excluding carboxylic acids is 3. The molecule has 1 saturated heterocycles. The number of hydrogen-bond acceptors (Lipinski definition) is 5. The minimum absolute atomic E-state index is 0.159. The van der Waals surface area contributed by atoms with Gasteiger partial charge in [-0.2, -0.15) is 0 Å². The molecular weight excluding hydrogens is 326 g/mol. The number of urea groups is 1. The monoisotopic (exact) mass is 351 g/mol. The Kier molecular flexibility index (Phi) is 6.12. The quantitative estimate of drug-likeness (QED) is 0.533. The van der Waals surface area contributed by atoms with Crippen molar-refractivity contribution in [2.75, 3.05) is 19.8 Å². The van der Waals surface area contributed by atoms with E-state index >= 15 is 0 Å². The third-order valence-electron chi connectivity index (χ3n) is 3.62. The molecule has 6 nitrogen and oxygen atoms in total. The van der Waals surface area contributed by atoms with Crippen LogP contribution in [0.2, 0.25) is 0 Å². The first kappa shape index (κ1) is 18.6. The van der Waals surface area contributed by atoms with E-state index in [1.165, 1.54) is 11.3 Å². The van der Waals surface area contributed by atoms with E-state index in [0.717, 1.165) is 27.8 Å². The van der Waals surface area contributed by atoms with Crippen LogP contribution in [-0.4, -0.2) is 52.3 Å². The van der Waals surface area contributed by atoms with Crippen LogP contribution in [0.15, 0.2) is 17.5 Å². The maximum absolute atomic E-state index is 12.5. The third kappa shape index (κ3) is 4.42. The summed E-state index contributed by atoms with van der Waals surface area (Å²) >= 11 is 1.46. The number of hydrogen-bond donors (Lipinski definition) is 0. The number of imide groups is 2. The van der Waals surface area contributed by atoms with Crippen LogP contribution in [0.25, 0.3) is 0 Å². The number of amides is 4. The number of nitrogens with zero attached hydrogens (tertiary/aromatic N) is 3. The van der Waals surface area contributed by atoms with E-state index in [4.69, 9.17) is 0 Å². The van der Waals surface area contributed by atoms with Crippen molar-refractivity contribution in [3.63, 3.8) is 0 Å². The Morgan fingerprint density at radius 3 is 2.08 bits per heavy atom. The SMILES string of the molecule is CC(C)CN(CC(C)C)CN1C(=O)C(=O)N(Cc2cccs2)C1=O. The topological polar surface area (TPSA) is 60.9 Å². The number of thiophene rings is 1. The molecule has 132 valence electrons. The maximum atomic E-state index is 12.5. The van der Waals surface area contributed by atoms with E-state index in [0.29, 0.717) is 11.8 Å². The highest BCUT2D eigenvalue weighted by molar-refractivity contribution is 7.09. The van der Waals surface area contributed by atoms with Crippen molar-refractivity contribution < 1.29 is 14.4 Å². The van der Waals surface area contributed by atoms with Gasteiger partial charge < -0.3 is 0 Å². The Hall–Kier alpha value is -1.73. The fraction of sp³-hybridized carbons (Fsp3) is 0.588. The van der Waals surface area contributed by atoms with Gasteiger partial charge in [-0.25, -0.2) is 9.69 Å². The molecule has 0 bridgehead atoms.